The fourth-order valence-electron chi connectivity index (χ4n) is 5.72. The van der Waals surface area contributed by atoms with Gasteiger partial charge in [-0.15, -0.1) is 0 Å². The number of piperazine rings is 1. The molecule has 4 nitrogen and oxygen atoms in total. The molecule has 0 aromatic heterocycles. The molecule has 3 saturated carbocycles. The van der Waals surface area contributed by atoms with Gasteiger partial charge in [0, 0.05) is 6.04 Å². The highest BCUT2D eigenvalue weighted by Gasteiger charge is 2.69. The molecule has 2 bridgehead atoms. The Hall–Kier alpha value is -1.06. The minimum Gasteiger partial charge on any atom is -0.340 e. The van der Waals surface area contributed by atoms with Gasteiger partial charge in [-0.2, -0.15) is 0 Å². The van der Waals surface area contributed by atoms with Gasteiger partial charge < -0.3 is 10.2 Å². The van der Waals surface area contributed by atoms with Crippen LogP contribution in [0.5, 0.6) is 0 Å². The molecular formula is C17H26N2O2. The fourth-order valence-corrected chi connectivity index (χ4v) is 5.72. The number of hydrogen-bond donors (Lipinski definition) is 1. The van der Waals surface area contributed by atoms with Crippen molar-refractivity contribution in [3.63, 3.8) is 0 Å². The van der Waals surface area contributed by atoms with Crippen LogP contribution in [0.15, 0.2) is 0 Å². The van der Waals surface area contributed by atoms with Crippen molar-refractivity contribution in [2.75, 3.05) is 0 Å². The summed E-state index contributed by atoms with van der Waals surface area (Å²) in [6.45, 7) is 5.92. The quantitative estimate of drug-likeness (QED) is 0.863. The van der Waals surface area contributed by atoms with E-state index in [1.165, 1.54) is 19.3 Å². The highest BCUT2D eigenvalue weighted by atomic mass is 16.2. The van der Waals surface area contributed by atoms with Gasteiger partial charge in [0.05, 0.1) is 0 Å². The minimum atomic E-state index is -0.653. The van der Waals surface area contributed by atoms with Gasteiger partial charge in [-0.25, -0.2) is 0 Å². The van der Waals surface area contributed by atoms with Crippen molar-refractivity contribution in [2.45, 2.75) is 70.5 Å². The maximum atomic E-state index is 13.1. The Bertz CT molecular complexity index is 483. The summed E-state index contributed by atoms with van der Waals surface area (Å²) in [5, 5.41) is 3.02. The first kappa shape index (κ1) is 13.6. The topological polar surface area (TPSA) is 49.4 Å². The average Bonchev–Trinajstić information content (AvgIpc) is 2.90. The van der Waals surface area contributed by atoms with Gasteiger partial charge in [0.2, 0.25) is 11.8 Å². The molecule has 5 unspecified atom stereocenters. The molecule has 1 aliphatic heterocycles. The van der Waals surface area contributed by atoms with E-state index < -0.39 is 5.54 Å². The molecule has 1 saturated heterocycles. The first-order valence-electron chi connectivity index (χ1n) is 8.69. The summed E-state index contributed by atoms with van der Waals surface area (Å²) in [7, 11) is 0. The molecule has 4 rings (SSSR count). The molecule has 4 heteroatoms. The maximum Gasteiger partial charge on any atom is 0.249 e. The lowest BCUT2D eigenvalue weighted by Gasteiger charge is -2.45. The third-order valence-corrected chi connectivity index (χ3v) is 7.03. The number of carbonyl (C=O) groups excluding carboxylic acids is 2. The molecular weight excluding hydrogens is 264 g/mol. The molecule has 5 atom stereocenters. The normalized spacial score (nSPS) is 46.5. The SMILES string of the molecule is CCC1(CC)NC(=O)C(C)N(C2C3C4CCC(C4)C32)C1=O. The van der Waals surface area contributed by atoms with E-state index in [1.54, 1.807) is 0 Å². The summed E-state index contributed by atoms with van der Waals surface area (Å²) in [5.74, 6) is 3.27. The van der Waals surface area contributed by atoms with Crippen molar-refractivity contribution in [3.8, 4) is 0 Å². The standard InChI is InChI=1S/C17H26N2O2/c1-4-17(5-2)16(21)19(9(3)15(20)18-17)14-12-10-6-7-11(8-10)13(12)14/h9-14H,4-8H2,1-3H3,(H,18,20). The van der Waals surface area contributed by atoms with Crippen LogP contribution < -0.4 is 5.32 Å². The summed E-state index contributed by atoms with van der Waals surface area (Å²) in [6.07, 6.45) is 5.44. The van der Waals surface area contributed by atoms with Gasteiger partial charge >= 0.3 is 0 Å². The first-order chi connectivity index (χ1) is 10.0. The summed E-state index contributed by atoms with van der Waals surface area (Å²) < 4.78 is 0. The molecule has 4 fully saturated rings. The van der Waals surface area contributed by atoms with Crippen molar-refractivity contribution in [1.29, 1.82) is 0 Å². The van der Waals surface area contributed by atoms with E-state index in [1.807, 2.05) is 25.7 Å². The monoisotopic (exact) mass is 290 g/mol. The Morgan fingerprint density at radius 1 is 1.14 bits per heavy atom. The van der Waals surface area contributed by atoms with Crippen LogP contribution in [0.2, 0.25) is 0 Å². The number of amides is 2. The zero-order valence-corrected chi connectivity index (χ0v) is 13.3. The molecule has 0 spiro atoms. The van der Waals surface area contributed by atoms with E-state index in [4.69, 9.17) is 0 Å². The molecule has 0 aromatic carbocycles. The summed E-state index contributed by atoms with van der Waals surface area (Å²) in [6, 6.07) is 0.0704. The average molecular weight is 290 g/mol. The number of carbonyl (C=O) groups is 2. The van der Waals surface area contributed by atoms with Gasteiger partial charge in [0.15, 0.2) is 0 Å². The largest absolute Gasteiger partial charge is 0.340 e. The van der Waals surface area contributed by atoms with Crippen LogP contribution in [0.1, 0.15) is 52.9 Å². The fraction of sp³-hybridized carbons (Fsp3) is 0.882. The minimum absolute atomic E-state index is 0.0376. The number of nitrogens with zero attached hydrogens (tertiary/aromatic N) is 1. The maximum absolute atomic E-state index is 13.1. The predicted molar refractivity (Wildman–Crippen MR) is 79.4 cm³/mol. The van der Waals surface area contributed by atoms with E-state index >= 15 is 0 Å². The number of fused-ring (bicyclic) bond motifs is 5. The Labute approximate surface area is 126 Å². The summed E-state index contributed by atoms with van der Waals surface area (Å²) in [4.78, 5) is 27.5. The molecule has 1 N–H and O–H groups in total. The second kappa shape index (κ2) is 4.23. The van der Waals surface area contributed by atoms with Crippen LogP contribution in [0.4, 0.5) is 0 Å². The molecule has 0 radical (unpaired) electrons. The summed E-state index contributed by atoms with van der Waals surface area (Å²) in [5.41, 5.74) is -0.653. The second-order valence-electron chi connectivity index (χ2n) is 7.65. The number of rotatable bonds is 3. The van der Waals surface area contributed by atoms with Crippen LogP contribution in [0, 0.1) is 23.7 Å². The Balaban J connectivity index is 1.64. The van der Waals surface area contributed by atoms with Crippen LogP contribution in [-0.4, -0.2) is 34.3 Å². The second-order valence-corrected chi connectivity index (χ2v) is 7.65. The molecule has 4 aliphatic rings. The van der Waals surface area contributed by atoms with E-state index in [9.17, 15) is 9.59 Å². The van der Waals surface area contributed by atoms with Crippen LogP contribution in [0.25, 0.3) is 0 Å². The zero-order valence-electron chi connectivity index (χ0n) is 13.3. The smallest absolute Gasteiger partial charge is 0.249 e. The van der Waals surface area contributed by atoms with Gasteiger partial charge in [-0.05, 0) is 62.7 Å². The van der Waals surface area contributed by atoms with Crippen molar-refractivity contribution in [3.05, 3.63) is 0 Å². The van der Waals surface area contributed by atoms with E-state index in [0.29, 0.717) is 30.7 Å². The molecule has 0 aromatic rings. The van der Waals surface area contributed by atoms with Crippen LogP contribution in [-0.2, 0) is 9.59 Å². The third-order valence-electron chi connectivity index (χ3n) is 7.03. The lowest BCUT2D eigenvalue weighted by atomic mass is 9.86. The molecule has 116 valence electrons. The van der Waals surface area contributed by atoms with E-state index in [2.05, 4.69) is 5.32 Å². The van der Waals surface area contributed by atoms with Gasteiger partial charge in [-0.1, -0.05) is 13.8 Å². The predicted octanol–water partition coefficient (Wildman–Crippen LogP) is 1.94. The Kier molecular flexibility index (Phi) is 2.74. The van der Waals surface area contributed by atoms with Crippen LogP contribution in [0.3, 0.4) is 0 Å². The van der Waals surface area contributed by atoms with Gasteiger partial charge in [0.25, 0.3) is 0 Å². The van der Waals surface area contributed by atoms with Crippen LogP contribution >= 0.6 is 0 Å². The molecule has 2 amide bonds. The third kappa shape index (κ3) is 1.56. The first-order valence-corrected chi connectivity index (χ1v) is 8.69. The van der Waals surface area contributed by atoms with E-state index in [0.717, 1.165) is 11.8 Å². The van der Waals surface area contributed by atoms with Crippen molar-refractivity contribution in [1.82, 2.24) is 10.2 Å². The van der Waals surface area contributed by atoms with E-state index in [-0.39, 0.29) is 17.9 Å². The van der Waals surface area contributed by atoms with Crippen molar-refractivity contribution < 1.29 is 9.59 Å². The van der Waals surface area contributed by atoms with Gasteiger partial charge in [0.1, 0.15) is 11.6 Å². The zero-order chi connectivity index (χ0) is 14.9. The molecule has 21 heavy (non-hydrogen) atoms. The summed E-state index contributed by atoms with van der Waals surface area (Å²) >= 11 is 0. The lowest BCUT2D eigenvalue weighted by molar-refractivity contribution is -0.156. The van der Waals surface area contributed by atoms with Crippen molar-refractivity contribution in [2.24, 2.45) is 23.7 Å². The highest BCUT2D eigenvalue weighted by Crippen LogP contribution is 2.67. The highest BCUT2D eigenvalue weighted by molar-refractivity contribution is 6.00. The molecule has 3 aliphatic carbocycles. The Morgan fingerprint density at radius 2 is 1.71 bits per heavy atom. The van der Waals surface area contributed by atoms with Crippen molar-refractivity contribution >= 4 is 11.8 Å². The Morgan fingerprint density at radius 3 is 2.24 bits per heavy atom. The number of hydrogen-bond acceptors (Lipinski definition) is 2. The molecule has 1 heterocycles. The number of nitrogens with one attached hydrogen (secondary N) is 1. The van der Waals surface area contributed by atoms with Gasteiger partial charge in [-0.3, -0.25) is 9.59 Å². The lowest BCUT2D eigenvalue weighted by Crippen LogP contribution is -2.70.